The quantitative estimate of drug-likeness (QED) is 0.145. The fraction of sp³-hybridized carbons (Fsp3) is 0.293. The number of methoxy groups -OCH3 is 2. The first-order valence-corrected chi connectivity index (χ1v) is 17.9. The first kappa shape index (κ1) is 39.1. The molecule has 3 aliphatic rings. The Bertz CT molecular complexity index is 2240. The van der Waals surface area contributed by atoms with Gasteiger partial charge in [-0.25, -0.2) is 4.98 Å². The highest BCUT2D eigenvalue weighted by Crippen LogP contribution is 2.32. The number of fused-ring (bicyclic) bond motifs is 8. The summed E-state index contributed by atoms with van der Waals surface area (Å²) in [6.07, 6.45) is -0.609. The second kappa shape index (κ2) is 17.7. The summed E-state index contributed by atoms with van der Waals surface area (Å²) in [4.78, 5) is 55.5. The molecule has 6 bridgehead atoms. The molecule has 0 aliphatic carbocycles. The number of carbonyl (C=O) groups excluding carboxylic acids is 3. The van der Waals surface area contributed by atoms with Gasteiger partial charge >= 0.3 is 0 Å². The summed E-state index contributed by atoms with van der Waals surface area (Å²) in [5.41, 5.74) is 5.94. The van der Waals surface area contributed by atoms with Crippen LogP contribution >= 0.6 is 0 Å². The fourth-order valence-corrected chi connectivity index (χ4v) is 6.70. The molecule has 0 unspecified atom stereocenters. The second-order valence-corrected chi connectivity index (χ2v) is 13.3. The van der Waals surface area contributed by atoms with Crippen LogP contribution in [0, 0.1) is 6.92 Å². The topological polar surface area (TPSA) is 183 Å². The van der Waals surface area contributed by atoms with E-state index in [9.17, 15) is 14.4 Å². The number of carbonyl (C=O) groups is 4. The van der Waals surface area contributed by atoms with Gasteiger partial charge in [-0.2, -0.15) is 0 Å². The van der Waals surface area contributed by atoms with Gasteiger partial charge in [0.25, 0.3) is 24.2 Å². The van der Waals surface area contributed by atoms with Crippen molar-refractivity contribution < 1.29 is 43.2 Å². The van der Waals surface area contributed by atoms with Crippen LogP contribution in [0.2, 0.25) is 0 Å². The molecule has 3 aliphatic heterocycles. The molecule has 8 rings (SSSR count). The Labute approximate surface area is 323 Å². The van der Waals surface area contributed by atoms with Crippen LogP contribution in [0.1, 0.15) is 31.8 Å². The van der Waals surface area contributed by atoms with E-state index >= 15 is 0 Å². The normalized spacial score (nSPS) is 16.6. The molecule has 4 heterocycles. The molecule has 15 nitrogen and oxygen atoms in total. The molecule has 56 heavy (non-hydrogen) atoms. The van der Waals surface area contributed by atoms with Crippen molar-refractivity contribution in [2.75, 3.05) is 52.4 Å². The van der Waals surface area contributed by atoms with Crippen LogP contribution in [0.4, 0.5) is 5.95 Å². The summed E-state index contributed by atoms with van der Waals surface area (Å²) in [5, 5.41) is 16.2. The number of anilines is 1. The number of imidazole rings is 1. The summed E-state index contributed by atoms with van der Waals surface area (Å²) in [6, 6.07) is 23.2. The number of rotatable bonds is 6. The summed E-state index contributed by atoms with van der Waals surface area (Å²) in [6.45, 7) is 3.36. The average molecular weight is 765 g/mol. The van der Waals surface area contributed by atoms with E-state index in [1.165, 1.54) is 7.11 Å². The van der Waals surface area contributed by atoms with Gasteiger partial charge in [0.15, 0.2) is 18.1 Å². The Balaban J connectivity index is 0.00000172. The van der Waals surface area contributed by atoms with Crippen LogP contribution in [0.5, 0.6) is 17.2 Å². The lowest BCUT2D eigenvalue weighted by molar-refractivity contribution is -0.123. The van der Waals surface area contributed by atoms with E-state index in [4.69, 9.17) is 33.8 Å². The maximum atomic E-state index is 14.1. The Morgan fingerprint density at radius 2 is 1.86 bits per heavy atom. The first-order valence-electron chi connectivity index (χ1n) is 17.9. The number of hydrogen-bond donors (Lipinski definition) is 4. The molecule has 0 saturated carbocycles. The fourth-order valence-electron chi connectivity index (χ4n) is 6.70. The van der Waals surface area contributed by atoms with Gasteiger partial charge in [0.1, 0.15) is 11.9 Å². The van der Waals surface area contributed by atoms with Crippen molar-refractivity contribution >= 4 is 41.2 Å². The van der Waals surface area contributed by atoms with Gasteiger partial charge in [-0.1, -0.05) is 24.3 Å². The summed E-state index contributed by atoms with van der Waals surface area (Å²) < 4.78 is 25.1. The Morgan fingerprint density at radius 3 is 2.64 bits per heavy atom. The summed E-state index contributed by atoms with van der Waals surface area (Å²) >= 11 is 0. The van der Waals surface area contributed by atoms with Gasteiger partial charge in [0, 0.05) is 44.9 Å². The largest absolute Gasteiger partial charge is 0.493 e. The zero-order chi connectivity index (χ0) is 39.8. The Morgan fingerprint density at radius 1 is 1.04 bits per heavy atom. The Hall–Kier alpha value is -6.61. The van der Waals surface area contributed by atoms with Crippen molar-refractivity contribution in [1.29, 1.82) is 0 Å². The minimum absolute atomic E-state index is 0.162. The molecule has 1 fully saturated rings. The van der Waals surface area contributed by atoms with E-state index in [2.05, 4.69) is 16.0 Å². The molecule has 15 heteroatoms. The average Bonchev–Trinajstić information content (AvgIpc) is 3.75. The highest BCUT2D eigenvalue weighted by atomic mass is 16.5. The minimum Gasteiger partial charge on any atom is -0.493 e. The molecule has 4 aromatic carbocycles. The smallest absolute Gasteiger partial charge is 0.290 e. The SMILES string of the molecule is COCCNc1nc2cc(C(=O)N3C[C@@H]4NC(=O)c5ccc(C)c(c5)-c5cccc(c5)OCC(=O)NCc5ccc(c(OC)c5)O[C@H]4C3)ccc2n1C.O=CO. The Kier molecular flexibility index (Phi) is 12.3. The summed E-state index contributed by atoms with van der Waals surface area (Å²) in [5.74, 6) is 1.31. The van der Waals surface area contributed by atoms with Crippen molar-refractivity contribution in [3.8, 4) is 28.4 Å². The number of hydrogen-bond acceptors (Lipinski definition) is 10. The van der Waals surface area contributed by atoms with Crippen LogP contribution in [-0.4, -0.2) is 103 Å². The third-order valence-corrected chi connectivity index (χ3v) is 9.60. The molecule has 3 amide bonds. The highest BCUT2D eigenvalue weighted by molar-refractivity contribution is 5.99. The van der Waals surface area contributed by atoms with Crippen molar-refractivity contribution in [3.63, 3.8) is 0 Å². The van der Waals surface area contributed by atoms with Gasteiger partial charge in [-0.3, -0.25) is 19.2 Å². The van der Waals surface area contributed by atoms with Crippen LogP contribution in [0.25, 0.3) is 22.2 Å². The standard InChI is InChI=1S/C40H42N6O7.CH2O2/c1-24-8-10-27-18-30(24)26-6-5-7-29(17-26)52-23-37(47)42-20-25-9-13-34(35(16-25)51-4)53-36-22-46(21-32(36)43-38(27)48)39(49)28-11-12-33-31(19-28)44-40(45(33)2)41-14-15-50-3;2-1-3/h5-13,16-19,32,36H,14-15,20-23H2,1-4H3,(H,41,44)(H,42,47)(H,43,48);1H,(H,2,3)/t32-,36-;/m0./s1. The van der Waals surface area contributed by atoms with Crippen LogP contribution in [-0.2, 0) is 27.9 Å². The van der Waals surface area contributed by atoms with E-state index in [0.717, 1.165) is 27.8 Å². The zero-order valence-electron chi connectivity index (χ0n) is 31.5. The third-order valence-electron chi connectivity index (χ3n) is 9.60. The number of aryl methyl sites for hydroxylation is 2. The van der Waals surface area contributed by atoms with Crippen LogP contribution < -0.4 is 30.2 Å². The number of nitrogens with zero attached hydrogens (tertiary/aromatic N) is 3. The van der Waals surface area contributed by atoms with Gasteiger partial charge in [-0.15, -0.1) is 0 Å². The monoisotopic (exact) mass is 764 g/mol. The van der Waals surface area contributed by atoms with E-state index in [-0.39, 0.29) is 50.4 Å². The number of ether oxygens (including phenoxy) is 4. The van der Waals surface area contributed by atoms with Crippen molar-refractivity contribution in [3.05, 3.63) is 101 Å². The first-order chi connectivity index (χ1) is 27.1. The van der Waals surface area contributed by atoms with E-state index in [0.29, 0.717) is 53.0 Å². The molecular formula is C41H44N6O9. The van der Waals surface area contributed by atoms with Crippen LogP contribution in [0.3, 0.4) is 0 Å². The second-order valence-electron chi connectivity index (χ2n) is 13.3. The number of likely N-dealkylation sites (tertiary alicyclic amines) is 1. The van der Waals surface area contributed by atoms with E-state index in [1.807, 2.05) is 61.0 Å². The molecule has 4 N–H and O–H groups in total. The molecule has 2 atom stereocenters. The molecule has 1 aromatic heterocycles. The van der Waals surface area contributed by atoms with Gasteiger partial charge < -0.3 is 49.5 Å². The van der Waals surface area contributed by atoms with Gasteiger partial charge in [0.2, 0.25) is 5.95 Å². The third kappa shape index (κ3) is 8.84. The van der Waals surface area contributed by atoms with E-state index < -0.39 is 12.1 Å². The number of benzene rings is 4. The van der Waals surface area contributed by atoms with Crippen LogP contribution in [0.15, 0.2) is 78.9 Å². The van der Waals surface area contributed by atoms with Gasteiger partial charge in [-0.05, 0) is 83.8 Å². The minimum atomic E-state index is -0.609. The zero-order valence-corrected chi connectivity index (χ0v) is 31.5. The molecule has 0 radical (unpaired) electrons. The molecular weight excluding hydrogens is 720 g/mol. The molecule has 5 aromatic rings. The lowest BCUT2D eigenvalue weighted by Crippen LogP contribution is -2.45. The molecule has 1 saturated heterocycles. The maximum Gasteiger partial charge on any atom is 0.290 e. The predicted molar refractivity (Wildman–Crippen MR) is 208 cm³/mol. The summed E-state index contributed by atoms with van der Waals surface area (Å²) in [7, 11) is 5.09. The lowest BCUT2D eigenvalue weighted by Gasteiger charge is -2.23. The molecule has 0 spiro atoms. The number of aromatic nitrogens is 2. The van der Waals surface area contributed by atoms with E-state index in [1.54, 1.807) is 48.4 Å². The predicted octanol–water partition coefficient (Wildman–Crippen LogP) is 4.03. The van der Waals surface area contributed by atoms with Crippen molar-refractivity contribution in [2.24, 2.45) is 7.05 Å². The lowest BCUT2D eigenvalue weighted by atomic mass is 9.97. The number of nitrogens with one attached hydrogen (secondary N) is 3. The van der Waals surface area contributed by atoms with Crippen molar-refractivity contribution in [2.45, 2.75) is 25.6 Å². The van der Waals surface area contributed by atoms with Crippen molar-refractivity contribution in [1.82, 2.24) is 25.1 Å². The highest BCUT2D eigenvalue weighted by Gasteiger charge is 2.39. The molecule has 292 valence electrons. The number of amides is 3. The maximum absolute atomic E-state index is 14.1. The number of carboxylic acid groups (broad SMARTS) is 1. The van der Waals surface area contributed by atoms with Gasteiger partial charge in [0.05, 0.1) is 37.3 Å².